The van der Waals surface area contributed by atoms with Crippen LogP contribution in [0.3, 0.4) is 0 Å². The minimum absolute atomic E-state index is 0.459. The first-order chi connectivity index (χ1) is 10.5. The van der Waals surface area contributed by atoms with Crippen LogP contribution in [0.25, 0.3) is 11.5 Å². The maximum absolute atomic E-state index is 11.4. The summed E-state index contributed by atoms with van der Waals surface area (Å²) in [4.78, 5) is 26.7. The molecule has 3 heterocycles. The van der Waals surface area contributed by atoms with Gasteiger partial charge in [-0.15, -0.1) is 0 Å². The number of nitrogens with zero attached hydrogens (tertiary/aromatic N) is 4. The van der Waals surface area contributed by atoms with Crippen molar-refractivity contribution in [2.45, 2.75) is 20.3 Å². The summed E-state index contributed by atoms with van der Waals surface area (Å²) in [5, 5.41) is 9.35. The normalized spacial score (nSPS) is 21.1. The topological polar surface area (TPSA) is 79.2 Å². The first-order valence-corrected chi connectivity index (χ1v) is 7.23. The Morgan fingerprint density at radius 1 is 1.36 bits per heavy atom. The lowest BCUT2D eigenvalue weighted by atomic mass is 9.90. The van der Waals surface area contributed by atoms with Crippen molar-refractivity contribution in [3.8, 4) is 11.5 Å². The lowest BCUT2D eigenvalue weighted by Gasteiger charge is -2.21. The van der Waals surface area contributed by atoms with Gasteiger partial charge < -0.3 is 10.0 Å². The number of aromatic nitrogens is 3. The number of rotatable bonds is 3. The van der Waals surface area contributed by atoms with E-state index in [1.807, 2.05) is 36.1 Å². The zero-order valence-electron chi connectivity index (χ0n) is 12.7. The van der Waals surface area contributed by atoms with Crippen LogP contribution in [-0.4, -0.2) is 39.1 Å². The number of carbonyl (C=O) groups is 1. The molecular formula is C16H18N4O2. The second-order valence-corrected chi connectivity index (χ2v) is 5.94. The van der Waals surface area contributed by atoms with E-state index in [9.17, 15) is 9.90 Å². The molecule has 2 aromatic rings. The minimum atomic E-state index is -0.759. The molecule has 1 unspecified atom stereocenters. The number of pyridine rings is 1. The van der Waals surface area contributed by atoms with Crippen molar-refractivity contribution in [1.82, 2.24) is 15.0 Å². The molecule has 1 aliphatic heterocycles. The van der Waals surface area contributed by atoms with Crippen molar-refractivity contribution in [3.05, 3.63) is 36.2 Å². The molecule has 1 aliphatic rings. The quantitative estimate of drug-likeness (QED) is 0.935. The van der Waals surface area contributed by atoms with Gasteiger partial charge in [-0.25, -0.2) is 9.97 Å². The third-order valence-electron chi connectivity index (χ3n) is 4.05. The van der Waals surface area contributed by atoms with Crippen LogP contribution in [0.1, 0.15) is 19.0 Å². The van der Waals surface area contributed by atoms with Crippen LogP contribution in [0.4, 0.5) is 5.82 Å². The lowest BCUT2D eigenvalue weighted by Crippen LogP contribution is -2.32. The highest BCUT2D eigenvalue weighted by Crippen LogP contribution is 2.33. The Morgan fingerprint density at radius 3 is 2.82 bits per heavy atom. The molecule has 114 valence electrons. The van der Waals surface area contributed by atoms with Crippen LogP contribution in [0.15, 0.2) is 30.5 Å². The molecule has 0 saturated carbocycles. The highest BCUT2D eigenvalue weighted by Gasteiger charge is 2.41. The molecule has 6 nitrogen and oxygen atoms in total. The van der Waals surface area contributed by atoms with Gasteiger partial charge in [-0.1, -0.05) is 6.07 Å². The van der Waals surface area contributed by atoms with Crippen LogP contribution in [0.5, 0.6) is 0 Å². The third-order valence-corrected chi connectivity index (χ3v) is 4.05. The maximum Gasteiger partial charge on any atom is 0.311 e. The highest BCUT2D eigenvalue weighted by molar-refractivity contribution is 5.76. The van der Waals surface area contributed by atoms with Gasteiger partial charge in [0.15, 0.2) is 5.82 Å². The fraction of sp³-hybridized carbons (Fsp3) is 0.375. The van der Waals surface area contributed by atoms with E-state index in [4.69, 9.17) is 0 Å². The summed E-state index contributed by atoms with van der Waals surface area (Å²) in [5.74, 6) is 0.573. The van der Waals surface area contributed by atoms with Gasteiger partial charge in [-0.3, -0.25) is 9.78 Å². The number of aryl methyl sites for hydroxylation is 1. The van der Waals surface area contributed by atoms with Crippen molar-refractivity contribution in [2.24, 2.45) is 5.41 Å². The Kier molecular flexibility index (Phi) is 3.52. The van der Waals surface area contributed by atoms with Crippen molar-refractivity contribution in [3.63, 3.8) is 0 Å². The van der Waals surface area contributed by atoms with Gasteiger partial charge in [0.25, 0.3) is 0 Å². The standard InChI is InChI=1S/C16H18N4O2/c1-11-9-13(20-8-6-16(2,10-20)15(21)22)19-14(18-11)12-5-3-4-7-17-12/h3-5,7,9H,6,8,10H2,1-2H3,(H,21,22). The van der Waals surface area contributed by atoms with E-state index in [1.165, 1.54) is 0 Å². The van der Waals surface area contributed by atoms with Gasteiger partial charge in [-0.05, 0) is 32.4 Å². The minimum Gasteiger partial charge on any atom is -0.481 e. The Hall–Kier alpha value is -2.50. The zero-order valence-corrected chi connectivity index (χ0v) is 12.7. The molecule has 0 bridgehead atoms. The molecule has 1 fully saturated rings. The molecule has 0 spiro atoms. The Morgan fingerprint density at radius 2 is 2.18 bits per heavy atom. The van der Waals surface area contributed by atoms with Crippen molar-refractivity contribution < 1.29 is 9.90 Å². The highest BCUT2D eigenvalue weighted by atomic mass is 16.4. The Bertz CT molecular complexity index is 705. The summed E-state index contributed by atoms with van der Waals surface area (Å²) in [6.07, 6.45) is 2.32. The monoisotopic (exact) mass is 298 g/mol. The predicted octanol–water partition coefficient (Wildman–Crippen LogP) is 2.15. The summed E-state index contributed by atoms with van der Waals surface area (Å²) in [6, 6.07) is 7.49. The first-order valence-electron chi connectivity index (χ1n) is 7.23. The molecule has 2 aromatic heterocycles. The first kappa shape index (κ1) is 14.4. The number of carboxylic acid groups (broad SMARTS) is 1. The maximum atomic E-state index is 11.4. The molecule has 22 heavy (non-hydrogen) atoms. The largest absolute Gasteiger partial charge is 0.481 e. The van der Waals surface area contributed by atoms with Gasteiger partial charge in [-0.2, -0.15) is 0 Å². The summed E-state index contributed by atoms with van der Waals surface area (Å²) >= 11 is 0. The number of carboxylic acids is 1. The SMILES string of the molecule is Cc1cc(N2CCC(C)(C(=O)O)C2)nc(-c2ccccn2)n1. The smallest absolute Gasteiger partial charge is 0.311 e. The molecule has 3 rings (SSSR count). The molecule has 0 radical (unpaired) electrons. The predicted molar refractivity (Wildman–Crippen MR) is 82.6 cm³/mol. The lowest BCUT2D eigenvalue weighted by molar-refractivity contribution is -0.146. The number of hydrogen-bond acceptors (Lipinski definition) is 5. The van der Waals surface area contributed by atoms with E-state index in [-0.39, 0.29) is 0 Å². The van der Waals surface area contributed by atoms with Crippen molar-refractivity contribution in [2.75, 3.05) is 18.0 Å². The summed E-state index contributed by atoms with van der Waals surface area (Å²) < 4.78 is 0. The van der Waals surface area contributed by atoms with Crippen molar-refractivity contribution >= 4 is 11.8 Å². The fourth-order valence-corrected chi connectivity index (χ4v) is 2.65. The van der Waals surface area contributed by atoms with Gasteiger partial charge in [0, 0.05) is 31.0 Å². The number of hydrogen-bond donors (Lipinski definition) is 1. The van der Waals surface area contributed by atoms with E-state index in [0.717, 1.165) is 11.5 Å². The van der Waals surface area contributed by atoms with Crippen LogP contribution in [-0.2, 0) is 4.79 Å². The number of anilines is 1. The van der Waals surface area contributed by atoms with E-state index in [0.29, 0.717) is 31.0 Å². The van der Waals surface area contributed by atoms with Gasteiger partial charge in [0.05, 0.1) is 5.41 Å². The molecule has 0 aromatic carbocycles. The molecule has 0 amide bonds. The van der Waals surface area contributed by atoms with Crippen molar-refractivity contribution in [1.29, 1.82) is 0 Å². The summed E-state index contributed by atoms with van der Waals surface area (Å²) in [5.41, 5.74) is 0.839. The van der Waals surface area contributed by atoms with E-state index in [2.05, 4.69) is 15.0 Å². The molecule has 1 N–H and O–H groups in total. The van der Waals surface area contributed by atoms with Crippen LogP contribution in [0.2, 0.25) is 0 Å². The zero-order chi connectivity index (χ0) is 15.7. The van der Waals surface area contributed by atoms with Gasteiger partial charge in [0.2, 0.25) is 0 Å². The summed E-state index contributed by atoms with van der Waals surface area (Å²) in [7, 11) is 0. The van der Waals surface area contributed by atoms with E-state index >= 15 is 0 Å². The fourth-order valence-electron chi connectivity index (χ4n) is 2.65. The average molecular weight is 298 g/mol. The van der Waals surface area contributed by atoms with E-state index in [1.54, 1.807) is 13.1 Å². The molecular weight excluding hydrogens is 280 g/mol. The second-order valence-electron chi connectivity index (χ2n) is 5.94. The van der Waals surface area contributed by atoms with Crippen LogP contribution in [0, 0.1) is 12.3 Å². The molecule has 6 heteroatoms. The average Bonchev–Trinajstić information content (AvgIpc) is 2.92. The van der Waals surface area contributed by atoms with Gasteiger partial charge >= 0.3 is 5.97 Å². The van der Waals surface area contributed by atoms with Crippen LogP contribution < -0.4 is 4.90 Å². The second kappa shape index (κ2) is 5.36. The Labute approximate surface area is 128 Å². The molecule has 0 aliphatic carbocycles. The number of aliphatic carboxylic acids is 1. The van der Waals surface area contributed by atoms with Crippen LogP contribution >= 0.6 is 0 Å². The summed E-state index contributed by atoms with van der Waals surface area (Å²) in [6.45, 7) is 4.83. The van der Waals surface area contributed by atoms with Gasteiger partial charge in [0.1, 0.15) is 11.5 Å². The third kappa shape index (κ3) is 2.64. The van der Waals surface area contributed by atoms with E-state index < -0.39 is 11.4 Å². The molecule has 1 atom stereocenters. The Balaban J connectivity index is 1.93. The molecule has 1 saturated heterocycles.